The molecule has 0 unspecified atom stereocenters. The fourth-order valence-corrected chi connectivity index (χ4v) is 3.46. The third-order valence-electron chi connectivity index (χ3n) is 3.75. The quantitative estimate of drug-likeness (QED) is 0.854. The second-order valence-corrected chi connectivity index (χ2v) is 6.97. The molecule has 1 aromatic rings. The molecule has 0 atom stereocenters. The van der Waals surface area contributed by atoms with Gasteiger partial charge in [0, 0.05) is 26.3 Å². The Kier molecular flexibility index (Phi) is 5.15. The molecule has 1 aliphatic rings. The predicted molar refractivity (Wildman–Crippen MR) is 77.8 cm³/mol. The van der Waals surface area contributed by atoms with Crippen LogP contribution in [-0.2, 0) is 21.3 Å². The molecule has 1 heterocycles. The van der Waals surface area contributed by atoms with Gasteiger partial charge in [0.1, 0.15) is 0 Å². The zero-order valence-electron chi connectivity index (χ0n) is 11.8. The van der Waals surface area contributed by atoms with Gasteiger partial charge >= 0.3 is 0 Å². The average molecular weight is 298 g/mol. The van der Waals surface area contributed by atoms with Gasteiger partial charge < -0.3 is 10.5 Å². The molecule has 20 heavy (non-hydrogen) atoms. The van der Waals surface area contributed by atoms with Crippen LogP contribution in [0.2, 0.25) is 0 Å². The van der Waals surface area contributed by atoms with Crippen molar-refractivity contribution in [3.05, 3.63) is 29.3 Å². The van der Waals surface area contributed by atoms with E-state index >= 15 is 0 Å². The SMILES string of the molecule is Cc1ccc(S(=O)(=O)NCC2CCOCC2)cc1CN. The van der Waals surface area contributed by atoms with Gasteiger partial charge in [0.2, 0.25) is 10.0 Å². The van der Waals surface area contributed by atoms with E-state index < -0.39 is 10.0 Å². The number of aryl methyl sites for hydroxylation is 1. The maximum absolute atomic E-state index is 12.3. The highest BCUT2D eigenvalue weighted by atomic mass is 32.2. The molecule has 0 amide bonds. The summed E-state index contributed by atoms with van der Waals surface area (Å²) >= 11 is 0. The first-order chi connectivity index (χ1) is 9.53. The zero-order valence-corrected chi connectivity index (χ0v) is 12.6. The summed E-state index contributed by atoms with van der Waals surface area (Å²) in [7, 11) is -3.46. The lowest BCUT2D eigenvalue weighted by molar-refractivity contribution is 0.0678. The third kappa shape index (κ3) is 3.79. The fourth-order valence-electron chi connectivity index (χ4n) is 2.30. The third-order valence-corrected chi connectivity index (χ3v) is 5.17. The molecule has 1 fully saturated rings. The van der Waals surface area contributed by atoms with Crippen LogP contribution in [0, 0.1) is 12.8 Å². The lowest BCUT2D eigenvalue weighted by Gasteiger charge is -2.22. The molecule has 1 aromatic carbocycles. The molecule has 6 heteroatoms. The second-order valence-electron chi connectivity index (χ2n) is 5.20. The van der Waals surface area contributed by atoms with Crippen LogP contribution in [0.25, 0.3) is 0 Å². The van der Waals surface area contributed by atoms with Gasteiger partial charge in [-0.3, -0.25) is 0 Å². The van der Waals surface area contributed by atoms with Crippen LogP contribution in [0.5, 0.6) is 0 Å². The van der Waals surface area contributed by atoms with Crippen molar-refractivity contribution in [1.29, 1.82) is 0 Å². The summed E-state index contributed by atoms with van der Waals surface area (Å²) in [5, 5.41) is 0. The highest BCUT2D eigenvalue weighted by molar-refractivity contribution is 7.89. The lowest BCUT2D eigenvalue weighted by atomic mass is 10.0. The van der Waals surface area contributed by atoms with E-state index in [1.165, 1.54) is 0 Å². The van der Waals surface area contributed by atoms with E-state index in [4.69, 9.17) is 10.5 Å². The van der Waals surface area contributed by atoms with Crippen molar-refractivity contribution in [2.45, 2.75) is 31.2 Å². The summed E-state index contributed by atoms with van der Waals surface area (Å²) in [5.41, 5.74) is 7.49. The molecule has 5 nitrogen and oxygen atoms in total. The summed E-state index contributed by atoms with van der Waals surface area (Å²) in [6.07, 6.45) is 1.81. The summed E-state index contributed by atoms with van der Waals surface area (Å²) < 4.78 is 32.5. The van der Waals surface area contributed by atoms with Gasteiger partial charge in [0.15, 0.2) is 0 Å². The Morgan fingerprint density at radius 3 is 2.70 bits per heavy atom. The molecular formula is C14H22N2O3S. The van der Waals surface area contributed by atoms with E-state index in [-0.39, 0.29) is 4.90 Å². The van der Waals surface area contributed by atoms with Gasteiger partial charge in [0.25, 0.3) is 0 Å². The monoisotopic (exact) mass is 298 g/mol. The molecule has 0 radical (unpaired) electrons. The van der Waals surface area contributed by atoms with Crippen molar-refractivity contribution in [1.82, 2.24) is 4.72 Å². The molecule has 2 rings (SSSR count). The highest BCUT2D eigenvalue weighted by Crippen LogP contribution is 2.17. The number of nitrogens with two attached hydrogens (primary N) is 1. The number of sulfonamides is 1. The van der Waals surface area contributed by atoms with E-state index in [0.29, 0.717) is 32.2 Å². The van der Waals surface area contributed by atoms with Crippen molar-refractivity contribution >= 4 is 10.0 Å². The molecule has 0 aliphatic carbocycles. The van der Waals surface area contributed by atoms with Gasteiger partial charge in [-0.1, -0.05) is 6.07 Å². The van der Waals surface area contributed by atoms with Gasteiger partial charge in [-0.05, 0) is 48.9 Å². The van der Waals surface area contributed by atoms with E-state index in [1.807, 2.05) is 6.92 Å². The summed E-state index contributed by atoms with van der Waals surface area (Å²) in [4.78, 5) is 0.288. The lowest BCUT2D eigenvalue weighted by Crippen LogP contribution is -2.32. The molecule has 112 valence electrons. The van der Waals surface area contributed by atoms with Crippen LogP contribution in [0.1, 0.15) is 24.0 Å². The fraction of sp³-hybridized carbons (Fsp3) is 0.571. The van der Waals surface area contributed by atoms with Crippen molar-refractivity contribution in [3.63, 3.8) is 0 Å². The van der Waals surface area contributed by atoms with Crippen molar-refractivity contribution in [2.24, 2.45) is 11.7 Å². The normalized spacial score (nSPS) is 17.3. The van der Waals surface area contributed by atoms with E-state index in [0.717, 1.165) is 24.0 Å². The maximum atomic E-state index is 12.3. The molecule has 1 aliphatic heterocycles. The predicted octanol–water partition coefficient (Wildman–Crippen LogP) is 1.16. The summed E-state index contributed by atoms with van der Waals surface area (Å²) in [6.45, 7) is 4.17. The van der Waals surface area contributed by atoms with Crippen LogP contribution >= 0.6 is 0 Å². The van der Waals surface area contributed by atoms with Crippen LogP contribution in [0.15, 0.2) is 23.1 Å². The Morgan fingerprint density at radius 1 is 1.35 bits per heavy atom. The van der Waals surface area contributed by atoms with Gasteiger partial charge in [-0.25, -0.2) is 13.1 Å². The molecule has 0 aromatic heterocycles. The average Bonchev–Trinajstić information content (AvgIpc) is 2.46. The molecular weight excluding hydrogens is 276 g/mol. The van der Waals surface area contributed by atoms with Crippen LogP contribution in [0.4, 0.5) is 0 Å². The van der Waals surface area contributed by atoms with Crippen molar-refractivity contribution in [3.8, 4) is 0 Å². The van der Waals surface area contributed by atoms with Gasteiger partial charge in [-0.2, -0.15) is 0 Å². The smallest absolute Gasteiger partial charge is 0.240 e. The molecule has 0 bridgehead atoms. The Labute approximate surface area is 120 Å². The topological polar surface area (TPSA) is 81.4 Å². The van der Waals surface area contributed by atoms with E-state index in [1.54, 1.807) is 18.2 Å². The number of nitrogens with one attached hydrogen (secondary N) is 1. The van der Waals surface area contributed by atoms with E-state index in [9.17, 15) is 8.42 Å². The Bertz CT molecular complexity index is 552. The number of ether oxygens (including phenoxy) is 1. The Balaban J connectivity index is 2.05. The number of rotatable bonds is 5. The minimum Gasteiger partial charge on any atom is -0.381 e. The van der Waals surface area contributed by atoms with E-state index in [2.05, 4.69) is 4.72 Å². The largest absolute Gasteiger partial charge is 0.381 e. The zero-order chi connectivity index (χ0) is 14.6. The van der Waals surface area contributed by atoms with Gasteiger partial charge in [0.05, 0.1) is 4.90 Å². The molecule has 0 saturated carbocycles. The molecule has 0 spiro atoms. The minimum atomic E-state index is -3.46. The first-order valence-electron chi connectivity index (χ1n) is 6.90. The first kappa shape index (κ1) is 15.4. The molecule has 3 N–H and O–H groups in total. The number of hydrogen-bond acceptors (Lipinski definition) is 4. The maximum Gasteiger partial charge on any atom is 0.240 e. The van der Waals surface area contributed by atoms with Crippen LogP contribution in [-0.4, -0.2) is 28.2 Å². The summed E-state index contributed by atoms with van der Waals surface area (Å²) in [6, 6.07) is 5.08. The first-order valence-corrected chi connectivity index (χ1v) is 8.38. The van der Waals surface area contributed by atoms with Crippen molar-refractivity contribution in [2.75, 3.05) is 19.8 Å². The molecule has 1 saturated heterocycles. The number of hydrogen-bond donors (Lipinski definition) is 2. The summed E-state index contributed by atoms with van der Waals surface area (Å²) in [5.74, 6) is 0.359. The van der Waals surface area contributed by atoms with Gasteiger partial charge in [-0.15, -0.1) is 0 Å². The standard InChI is InChI=1S/C14H22N2O3S/c1-11-2-3-14(8-13(11)9-15)20(17,18)16-10-12-4-6-19-7-5-12/h2-3,8,12,16H,4-7,9-10,15H2,1H3. The highest BCUT2D eigenvalue weighted by Gasteiger charge is 2.19. The van der Waals surface area contributed by atoms with Crippen LogP contribution < -0.4 is 10.5 Å². The number of benzene rings is 1. The van der Waals surface area contributed by atoms with Crippen LogP contribution in [0.3, 0.4) is 0 Å². The minimum absolute atomic E-state index is 0.288. The Morgan fingerprint density at radius 2 is 2.05 bits per heavy atom. The second kappa shape index (κ2) is 6.67. The van der Waals surface area contributed by atoms with Crippen molar-refractivity contribution < 1.29 is 13.2 Å². The Hall–Kier alpha value is -0.950.